The third kappa shape index (κ3) is 16.2. The fourth-order valence-corrected chi connectivity index (χ4v) is 3.99. The molecule has 0 spiro atoms. The van der Waals surface area contributed by atoms with E-state index in [2.05, 4.69) is 6.58 Å². The summed E-state index contributed by atoms with van der Waals surface area (Å²) in [6.07, 6.45) is 12.3. The first-order chi connectivity index (χ1) is 10.8. The zero-order valence-corrected chi connectivity index (χ0v) is 15.8. The average Bonchev–Trinajstić information content (AvgIpc) is 2.53. The number of ether oxygens (including phenoxy) is 2. The summed E-state index contributed by atoms with van der Waals surface area (Å²) in [4.78, 5) is 0. The van der Waals surface area contributed by atoms with Gasteiger partial charge in [0.25, 0.3) is 0 Å². The van der Waals surface area contributed by atoms with Gasteiger partial charge < -0.3 is 18.3 Å². The van der Waals surface area contributed by atoms with Crippen LogP contribution in [0.3, 0.4) is 0 Å². The highest BCUT2D eigenvalue weighted by atomic mass is 28.3. The summed E-state index contributed by atoms with van der Waals surface area (Å²) in [7, 11) is 1.85. The predicted molar refractivity (Wildman–Crippen MR) is 94.7 cm³/mol. The third-order valence-electron chi connectivity index (χ3n) is 3.53. The monoisotopic (exact) mass is 332 g/mol. The number of hydrogen-bond donors (Lipinski definition) is 0. The van der Waals surface area contributed by atoms with Crippen LogP contribution in [0.2, 0.25) is 6.04 Å². The molecule has 4 nitrogen and oxygen atoms in total. The Bertz CT molecular complexity index is 217. The number of unbranched alkanes of at least 4 members (excludes halogenated alkanes) is 7. The first-order valence-corrected chi connectivity index (χ1v) is 10.4. The molecular weight excluding hydrogens is 296 g/mol. The Morgan fingerprint density at radius 2 is 1.23 bits per heavy atom. The van der Waals surface area contributed by atoms with Crippen LogP contribution >= 0.6 is 0 Å². The summed E-state index contributed by atoms with van der Waals surface area (Å²) in [5, 5.41) is 0. The first kappa shape index (κ1) is 21.8. The van der Waals surface area contributed by atoms with Crippen LogP contribution < -0.4 is 0 Å². The van der Waals surface area contributed by atoms with Crippen molar-refractivity contribution in [2.24, 2.45) is 0 Å². The number of allylic oxidation sites excluding steroid dienone is 1. The molecule has 0 saturated carbocycles. The lowest BCUT2D eigenvalue weighted by Crippen LogP contribution is -2.26. The molecule has 0 aliphatic carbocycles. The van der Waals surface area contributed by atoms with E-state index in [9.17, 15) is 0 Å². The van der Waals surface area contributed by atoms with Gasteiger partial charge in [-0.05, 0) is 18.9 Å². The van der Waals surface area contributed by atoms with Gasteiger partial charge in [-0.15, -0.1) is 6.58 Å². The molecule has 0 atom stereocenters. The topological polar surface area (TPSA) is 36.9 Å². The average molecular weight is 333 g/mol. The van der Waals surface area contributed by atoms with E-state index in [4.69, 9.17) is 18.3 Å². The van der Waals surface area contributed by atoms with E-state index in [1.165, 1.54) is 44.9 Å². The second kappa shape index (κ2) is 18.8. The van der Waals surface area contributed by atoms with Gasteiger partial charge in [0.1, 0.15) is 0 Å². The Labute approximate surface area is 139 Å². The summed E-state index contributed by atoms with van der Waals surface area (Å²) in [5.74, 6) is 0. The summed E-state index contributed by atoms with van der Waals surface area (Å²) in [6.45, 7) is 6.32. The van der Waals surface area contributed by atoms with E-state index >= 15 is 0 Å². The molecule has 0 fully saturated rings. The second-order valence-corrected chi connectivity index (χ2v) is 7.60. The lowest BCUT2D eigenvalue weighted by Gasteiger charge is -2.16. The molecule has 0 unspecified atom stereocenters. The van der Waals surface area contributed by atoms with Crippen molar-refractivity contribution in [3.8, 4) is 0 Å². The maximum atomic E-state index is 5.83. The van der Waals surface area contributed by atoms with E-state index in [1.807, 2.05) is 6.08 Å². The van der Waals surface area contributed by atoms with Crippen LogP contribution in [0.15, 0.2) is 12.7 Å². The maximum Gasteiger partial charge on any atom is 0.321 e. The molecule has 0 aliphatic heterocycles. The second-order valence-electron chi connectivity index (χ2n) is 5.50. The maximum absolute atomic E-state index is 5.83. The SMILES string of the molecule is C=CCCCCCCCCC[SiH](OCCOC)OCCOC. The first-order valence-electron chi connectivity index (χ1n) is 8.67. The van der Waals surface area contributed by atoms with Crippen molar-refractivity contribution in [2.75, 3.05) is 40.6 Å². The molecule has 0 heterocycles. The van der Waals surface area contributed by atoms with Crippen LogP contribution in [0, 0.1) is 0 Å². The zero-order valence-electron chi connectivity index (χ0n) is 14.7. The summed E-state index contributed by atoms with van der Waals surface area (Å²) < 4.78 is 21.7. The summed E-state index contributed by atoms with van der Waals surface area (Å²) in [5.41, 5.74) is 0. The molecule has 22 heavy (non-hydrogen) atoms. The van der Waals surface area contributed by atoms with Gasteiger partial charge in [0, 0.05) is 14.2 Å². The molecule has 132 valence electrons. The third-order valence-corrected chi connectivity index (χ3v) is 5.63. The van der Waals surface area contributed by atoms with E-state index in [-0.39, 0.29) is 0 Å². The lowest BCUT2D eigenvalue weighted by molar-refractivity contribution is 0.0993. The Balaban J connectivity index is 3.53. The normalized spacial score (nSPS) is 11.2. The molecule has 0 rings (SSSR count). The van der Waals surface area contributed by atoms with Gasteiger partial charge in [0.05, 0.1) is 26.4 Å². The molecule has 0 saturated heterocycles. The molecule has 0 radical (unpaired) electrons. The molecule has 0 aromatic heterocycles. The summed E-state index contributed by atoms with van der Waals surface area (Å²) >= 11 is 0. The van der Waals surface area contributed by atoms with Crippen molar-refractivity contribution in [2.45, 2.75) is 57.4 Å². The Hall–Kier alpha value is -0.203. The van der Waals surface area contributed by atoms with E-state index < -0.39 is 9.28 Å². The Kier molecular flexibility index (Phi) is 18.7. The van der Waals surface area contributed by atoms with Crippen molar-refractivity contribution < 1.29 is 18.3 Å². The van der Waals surface area contributed by atoms with Crippen LogP contribution in [-0.4, -0.2) is 49.9 Å². The fraction of sp³-hybridized carbons (Fsp3) is 0.882. The van der Waals surface area contributed by atoms with E-state index in [0.717, 1.165) is 12.5 Å². The Morgan fingerprint density at radius 3 is 1.73 bits per heavy atom. The van der Waals surface area contributed by atoms with Gasteiger partial charge in [-0.3, -0.25) is 0 Å². The van der Waals surface area contributed by atoms with Gasteiger partial charge in [0.15, 0.2) is 0 Å². The highest BCUT2D eigenvalue weighted by molar-refractivity contribution is 6.44. The van der Waals surface area contributed by atoms with Gasteiger partial charge in [-0.2, -0.15) is 0 Å². The largest absolute Gasteiger partial charge is 0.394 e. The fourth-order valence-electron chi connectivity index (χ4n) is 2.22. The molecule has 0 N–H and O–H groups in total. The van der Waals surface area contributed by atoms with Crippen LogP contribution in [-0.2, 0) is 18.3 Å². The molecule has 0 bridgehead atoms. The Morgan fingerprint density at radius 1 is 0.727 bits per heavy atom. The smallest absolute Gasteiger partial charge is 0.321 e. The minimum Gasteiger partial charge on any atom is -0.394 e. The lowest BCUT2D eigenvalue weighted by atomic mass is 10.1. The van der Waals surface area contributed by atoms with Gasteiger partial charge in [-0.25, -0.2) is 0 Å². The van der Waals surface area contributed by atoms with Crippen LogP contribution in [0.25, 0.3) is 0 Å². The van der Waals surface area contributed by atoms with Gasteiger partial charge in [-0.1, -0.05) is 44.6 Å². The number of methoxy groups -OCH3 is 2. The van der Waals surface area contributed by atoms with Crippen molar-refractivity contribution in [1.82, 2.24) is 0 Å². The van der Waals surface area contributed by atoms with E-state index in [0.29, 0.717) is 26.4 Å². The van der Waals surface area contributed by atoms with Crippen molar-refractivity contribution in [3.63, 3.8) is 0 Å². The quantitative estimate of drug-likeness (QED) is 0.217. The van der Waals surface area contributed by atoms with Gasteiger partial charge >= 0.3 is 9.28 Å². The van der Waals surface area contributed by atoms with Gasteiger partial charge in [0.2, 0.25) is 0 Å². The van der Waals surface area contributed by atoms with Crippen LogP contribution in [0.5, 0.6) is 0 Å². The standard InChI is InChI=1S/C17H36O4Si/c1-4-5-6-7-8-9-10-11-12-17-22(20-15-13-18-2)21-16-14-19-3/h4,22H,1,5-17H2,2-3H3. The zero-order chi connectivity index (χ0) is 16.3. The minimum atomic E-state index is -1.54. The molecular formula is C17H36O4Si. The highest BCUT2D eigenvalue weighted by Gasteiger charge is 2.12. The number of rotatable bonds is 18. The van der Waals surface area contributed by atoms with Crippen molar-refractivity contribution in [3.05, 3.63) is 12.7 Å². The molecule has 0 aromatic rings. The van der Waals surface area contributed by atoms with E-state index in [1.54, 1.807) is 14.2 Å². The molecule has 5 heteroatoms. The highest BCUT2D eigenvalue weighted by Crippen LogP contribution is 2.12. The minimum absolute atomic E-state index is 0.641. The molecule has 0 amide bonds. The molecule has 0 aliphatic rings. The van der Waals surface area contributed by atoms with Crippen LogP contribution in [0.4, 0.5) is 0 Å². The summed E-state index contributed by atoms with van der Waals surface area (Å²) in [6, 6.07) is 1.09. The van der Waals surface area contributed by atoms with Crippen molar-refractivity contribution >= 4 is 9.28 Å². The predicted octanol–water partition coefficient (Wildman–Crippen LogP) is 3.84. The molecule has 0 aromatic carbocycles. The van der Waals surface area contributed by atoms with Crippen LogP contribution in [0.1, 0.15) is 51.4 Å². The van der Waals surface area contributed by atoms with Crippen molar-refractivity contribution in [1.29, 1.82) is 0 Å². The number of hydrogen-bond acceptors (Lipinski definition) is 4.